The van der Waals surface area contributed by atoms with Gasteiger partial charge in [-0.1, -0.05) is 30.3 Å². The zero-order valence-corrected chi connectivity index (χ0v) is 20.3. The number of rotatable bonds is 15. The highest BCUT2D eigenvalue weighted by molar-refractivity contribution is 7.98. The summed E-state index contributed by atoms with van der Waals surface area (Å²) in [5.41, 5.74) is 6.40. The number of aliphatic hydroxyl groups is 1. The van der Waals surface area contributed by atoms with Gasteiger partial charge in [0, 0.05) is 6.42 Å². The summed E-state index contributed by atoms with van der Waals surface area (Å²) in [5.74, 6) is -4.96. The Morgan fingerprint density at radius 2 is 1.54 bits per heavy atom. The van der Waals surface area contributed by atoms with E-state index in [2.05, 4.69) is 16.0 Å². The number of hydrogen-bond acceptors (Lipinski definition) is 8. The number of benzene rings is 1. The molecule has 12 nitrogen and oxygen atoms in total. The minimum absolute atomic E-state index is 0.0735. The van der Waals surface area contributed by atoms with E-state index in [1.165, 1.54) is 18.7 Å². The van der Waals surface area contributed by atoms with Crippen LogP contribution in [-0.2, 0) is 30.4 Å². The number of thioether (sulfide) groups is 1. The van der Waals surface area contributed by atoms with Crippen molar-refractivity contribution in [3.8, 4) is 0 Å². The van der Waals surface area contributed by atoms with Gasteiger partial charge in [-0.2, -0.15) is 11.8 Å². The zero-order chi connectivity index (χ0) is 26.5. The molecule has 13 heteroatoms. The molecule has 0 aliphatic rings. The third-order valence-electron chi connectivity index (χ3n) is 4.94. The van der Waals surface area contributed by atoms with Crippen LogP contribution < -0.4 is 21.7 Å². The maximum atomic E-state index is 12.7. The third-order valence-corrected chi connectivity index (χ3v) is 5.59. The van der Waals surface area contributed by atoms with Crippen molar-refractivity contribution in [2.45, 2.75) is 56.5 Å². The van der Waals surface area contributed by atoms with Crippen molar-refractivity contribution in [2.24, 2.45) is 5.73 Å². The Bertz CT molecular complexity index is 883. The number of aliphatic hydroxyl groups excluding tert-OH is 1. The highest BCUT2D eigenvalue weighted by atomic mass is 32.2. The number of carbonyl (C=O) groups excluding carboxylic acids is 3. The molecule has 194 valence electrons. The van der Waals surface area contributed by atoms with E-state index in [4.69, 9.17) is 5.73 Å². The van der Waals surface area contributed by atoms with Gasteiger partial charge in [-0.25, -0.2) is 4.79 Å². The van der Waals surface area contributed by atoms with Crippen LogP contribution in [0.15, 0.2) is 30.3 Å². The topological polar surface area (TPSA) is 208 Å². The number of carboxylic acid groups (broad SMARTS) is 2. The number of aliphatic carboxylic acids is 2. The average molecular weight is 513 g/mol. The van der Waals surface area contributed by atoms with Gasteiger partial charge in [0.2, 0.25) is 17.7 Å². The lowest BCUT2D eigenvalue weighted by Crippen LogP contribution is -2.60. The van der Waals surface area contributed by atoms with Crippen LogP contribution in [-0.4, -0.2) is 87.3 Å². The molecule has 1 rings (SSSR count). The van der Waals surface area contributed by atoms with Gasteiger partial charge in [0.05, 0.1) is 18.6 Å². The number of nitrogens with one attached hydrogen (secondary N) is 3. The van der Waals surface area contributed by atoms with Crippen molar-refractivity contribution in [1.82, 2.24) is 16.0 Å². The summed E-state index contributed by atoms with van der Waals surface area (Å²) >= 11 is 1.47. The van der Waals surface area contributed by atoms with Crippen molar-refractivity contribution in [3.63, 3.8) is 0 Å². The van der Waals surface area contributed by atoms with Crippen LogP contribution in [0.2, 0.25) is 0 Å². The maximum absolute atomic E-state index is 12.7. The van der Waals surface area contributed by atoms with Crippen LogP contribution in [0.5, 0.6) is 0 Å². The van der Waals surface area contributed by atoms with E-state index in [-0.39, 0.29) is 6.42 Å². The minimum atomic E-state index is -1.67. The largest absolute Gasteiger partial charge is 0.481 e. The summed E-state index contributed by atoms with van der Waals surface area (Å²) in [6, 6.07) is 2.94. The van der Waals surface area contributed by atoms with E-state index in [1.54, 1.807) is 30.3 Å². The van der Waals surface area contributed by atoms with E-state index in [0.29, 0.717) is 17.7 Å². The number of amides is 3. The fourth-order valence-corrected chi connectivity index (χ4v) is 3.50. The molecule has 0 radical (unpaired) electrons. The molecule has 0 heterocycles. The summed E-state index contributed by atoms with van der Waals surface area (Å²) in [7, 11) is 0. The van der Waals surface area contributed by atoms with Crippen molar-refractivity contribution in [3.05, 3.63) is 35.9 Å². The minimum Gasteiger partial charge on any atom is -0.481 e. The van der Waals surface area contributed by atoms with E-state index >= 15 is 0 Å². The molecule has 0 aromatic heterocycles. The SMILES string of the molecule is CSCCC(N)C(=O)NC(C(=O)NC(CC(=O)O)C(=O)NC(Cc1ccccc1)C(=O)O)C(C)O. The summed E-state index contributed by atoms with van der Waals surface area (Å²) < 4.78 is 0. The molecule has 0 spiro atoms. The van der Waals surface area contributed by atoms with Gasteiger partial charge in [-0.3, -0.25) is 19.2 Å². The molecule has 0 aliphatic heterocycles. The van der Waals surface area contributed by atoms with Crippen molar-refractivity contribution >= 4 is 41.4 Å². The van der Waals surface area contributed by atoms with Crippen LogP contribution in [0.1, 0.15) is 25.3 Å². The Hall–Kier alpha value is -3.16. The van der Waals surface area contributed by atoms with Crippen molar-refractivity contribution in [1.29, 1.82) is 0 Å². The fraction of sp³-hybridized carbons (Fsp3) is 0.500. The van der Waals surface area contributed by atoms with Gasteiger partial charge in [-0.05, 0) is 30.9 Å². The van der Waals surface area contributed by atoms with E-state index < -0.39 is 66.4 Å². The maximum Gasteiger partial charge on any atom is 0.326 e. The van der Waals surface area contributed by atoms with Gasteiger partial charge >= 0.3 is 11.9 Å². The molecule has 0 saturated heterocycles. The van der Waals surface area contributed by atoms with Crippen LogP contribution in [0, 0.1) is 0 Å². The standard InChI is InChI=1S/C22H32N4O8S/c1-12(27)18(26-19(30)14(23)8-9-35-2)21(32)24-15(11-17(28)29)20(31)25-16(22(33)34)10-13-6-4-3-5-7-13/h3-7,12,14-16,18,27H,8-11,23H2,1-2H3,(H,24,32)(H,25,31)(H,26,30)(H,28,29)(H,33,34). The Balaban J connectivity index is 2.95. The van der Waals surface area contributed by atoms with Gasteiger partial charge in [-0.15, -0.1) is 0 Å². The Morgan fingerprint density at radius 1 is 0.943 bits per heavy atom. The van der Waals surface area contributed by atoms with E-state index in [0.717, 1.165) is 0 Å². The molecule has 5 atom stereocenters. The monoisotopic (exact) mass is 512 g/mol. The third kappa shape index (κ3) is 10.8. The number of nitrogens with two attached hydrogens (primary N) is 1. The molecule has 1 aromatic carbocycles. The van der Waals surface area contributed by atoms with Gasteiger partial charge < -0.3 is 37.0 Å². The van der Waals surface area contributed by atoms with Crippen molar-refractivity contribution < 1.29 is 39.3 Å². The smallest absolute Gasteiger partial charge is 0.326 e. The average Bonchev–Trinajstić information content (AvgIpc) is 2.79. The summed E-state index contributed by atoms with van der Waals surface area (Å²) in [4.78, 5) is 60.7. The van der Waals surface area contributed by atoms with Crippen LogP contribution in [0.4, 0.5) is 0 Å². The zero-order valence-electron chi connectivity index (χ0n) is 19.5. The van der Waals surface area contributed by atoms with Gasteiger partial charge in [0.15, 0.2) is 0 Å². The second-order valence-corrected chi connectivity index (χ2v) is 8.85. The second kappa shape index (κ2) is 15.0. The first-order valence-corrected chi connectivity index (χ1v) is 12.2. The molecule has 8 N–H and O–H groups in total. The summed E-state index contributed by atoms with van der Waals surface area (Å²) in [6.45, 7) is 1.23. The molecule has 0 aliphatic carbocycles. The lowest BCUT2D eigenvalue weighted by molar-refractivity contribution is -0.143. The van der Waals surface area contributed by atoms with Crippen LogP contribution in [0.3, 0.4) is 0 Å². The molecule has 5 unspecified atom stereocenters. The highest BCUT2D eigenvalue weighted by Gasteiger charge is 2.33. The normalized spacial score (nSPS) is 15.1. The predicted molar refractivity (Wildman–Crippen MR) is 128 cm³/mol. The predicted octanol–water partition coefficient (Wildman–Crippen LogP) is -1.30. The second-order valence-electron chi connectivity index (χ2n) is 7.86. The number of hydrogen-bond donors (Lipinski definition) is 7. The fourth-order valence-electron chi connectivity index (χ4n) is 3.01. The van der Waals surface area contributed by atoms with E-state index in [1.807, 2.05) is 6.26 Å². The van der Waals surface area contributed by atoms with Crippen LogP contribution in [0.25, 0.3) is 0 Å². The van der Waals surface area contributed by atoms with Gasteiger partial charge in [0.1, 0.15) is 18.1 Å². The first-order chi connectivity index (χ1) is 16.5. The lowest BCUT2D eigenvalue weighted by atomic mass is 10.0. The molecular weight excluding hydrogens is 480 g/mol. The molecule has 0 saturated carbocycles. The molecule has 1 aromatic rings. The molecule has 35 heavy (non-hydrogen) atoms. The molecule has 0 fully saturated rings. The number of carbonyl (C=O) groups is 5. The first-order valence-electron chi connectivity index (χ1n) is 10.8. The highest BCUT2D eigenvalue weighted by Crippen LogP contribution is 2.06. The van der Waals surface area contributed by atoms with E-state index in [9.17, 15) is 39.3 Å². The quantitative estimate of drug-likeness (QED) is 0.148. The van der Waals surface area contributed by atoms with Gasteiger partial charge in [0.25, 0.3) is 0 Å². The summed E-state index contributed by atoms with van der Waals surface area (Å²) in [5, 5.41) is 35.4. The Morgan fingerprint density at radius 3 is 2.06 bits per heavy atom. The lowest BCUT2D eigenvalue weighted by Gasteiger charge is -2.26. The molecular formula is C22H32N4O8S. The Kier molecular flexibility index (Phi) is 12.8. The molecule has 3 amide bonds. The van der Waals surface area contributed by atoms with Crippen LogP contribution >= 0.6 is 11.8 Å². The Labute approximate surface area is 207 Å². The summed E-state index contributed by atoms with van der Waals surface area (Å²) in [6.07, 6.45) is -0.175. The first kappa shape index (κ1) is 29.9. The molecule has 0 bridgehead atoms. The number of carboxylic acids is 2. The van der Waals surface area contributed by atoms with Crippen molar-refractivity contribution in [2.75, 3.05) is 12.0 Å².